The Morgan fingerprint density at radius 2 is 1.46 bits per heavy atom. The molecule has 4 aromatic carbocycles. The van der Waals surface area contributed by atoms with Gasteiger partial charge in [0.1, 0.15) is 0 Å². The van der Waals surface area contributed by atoms with E-state index in [1.54, 1.807) is 18.2 Å². The lowest BCUT2D eigenvalue weighted by Gasteiger charge is -2.14. The molecular weight excluding hydrogens is 370 g/mol. The van der Waals surface area contributed by atoms with Crippen molar-refractivity contribution in [3.8, 4) is 0 Å². The van der Waals surface area contributed by atoms with Gasteiger partial charge in [-0.25, -0.2) is 13.1 Å². The van der Waals surface area contributed by atoms with Gasteiger partial charge in [0.15, 0.2) is 0 Å². The van der Waals surface area contributed by atoms with Crippen molar-refractivity contribution in [3.05, 3.63) is 90.5 Å². The topological polar surface area (TPSA) is 66.4 Å². The summed E-state index contributed by atoms with van der Waals surface area (Å²) >= 11 is 0. The third-order valence-corrected chi connectivity index (χ3v) is 6.38. The van der Waals surface area contributed by atoms with Crippen LogP contribution in [0.15, 0.2) is 89.8 Å². The van der Waals surface area contributed by atoms with E-state index >= 15 is 0 Å². The second-order valence-electron chi connectivity index (χ2n) is 6.78. The fourth-order valence-corrected chi connectivity index (χ4v) is 4.53. The summed E-state index contributed by atoms with van der Waals surface area (Å²) < 4.78 is 27.8. The number of aliphatic hydroxyl groups is 1. The van der Waals surface area contributed by atoms with Gasteiger partial charge in [-0.3, -0.25) is 0 Å². The third kappa shape index (κ3) is 3.78. The van der Waals surface area contributed by atoms with Gasteiger partial charge in [0, 0.05) is 6.54 Å². The van der Waals surface area contributed by atoms with Gasteiger partial charge in [-0.2, -0.15) is 0 Å². The molecule has 5 heteroatoms. The zero-order valence-electron chi connectivity index (χ0n) is 15.2. The molecule has 0 aliphatic rings. The molecule has 2 N–H and O–H groups in total. The van der Waals surface area contributed by atoms with Crippen LogP contribution < -0.4 is 4.72 Å². The van der Waals surface area contributed by atoms with Crippen LogP contribution in [0.25, 0.3) is 21.5 Å². The molecule has 0 saturated carbocycles. The van der Waals surface area contributed by atoms with Crippen molar-refractivity contribution in [1.29, 1.82) is 0 Å². The minimum absolute atomic E-state index is 0.152. The average molecular weight is 391 g/mol. The highest BCUT2D eigenvalue weighted by molar-refractivity contribution is 7.89. The smallest absolute Gasteiger partial charge is 0.240 e. The monoisotopic (exact) mass is 391 g/mol. The zero-order chi connectivity index (χ0) is 19.6. The van der Waals surface area contributed by atoms with Crippen molar-refractivity contribution >= 4 is 31.6 Å². The number of hydrogen-bond donors (Lipinski definition) is 2. The molecule has 0 amide bonds. The molecule has 0 saturated heterocycles. The minimum Gasteiger partial charge on any atom is -0.388 e. The normalized spacial score (nSPS) is 13.0. The highest BCUT2D eigenvalue weighted by atomic mass is 32.2. The Labute approximate surface area is 164 Å². The van der Waals surface area contributed by atoms with Crippen LogP contribution in [-0.4, -0.2) is 20.1 Å². The predicted octanol–water partition coefficient (Wildman–Crippen LogP) is 4.40. The quantitative estimate of drug-likeness (QED) is 0.512. The molecule has 0 aliphatic carbocycles. The van der Waals surface area contributed by atoms with E-state index in [2.05, 4.69) is 4.72 Å². The Morgan fingerprint density at radius 1 is 0.786 bits per heavy atom. The molecule has 0 heterocycles. The summed E-state index contributed by atoms with van der Waals surface area (Å²) in [7, 11) is -3.63. The van der Waals surface area contributed by atoms with Crippen molar-refractivity contribution in [2.75, 3.05) is 6.54 Å². The first-order chi connectivity index (χ1) is 13.5. The van der Waals surface area contributed by atoms with Gasteiger partial charge < -0.3 is 5.11 Å². The van der Waals surface area contributed by atoms with Gasteiger partial charge in [-0.05, 0) is 45.7 Å². The lowest BCUT2D eigenvalue weighted by atomic mass is 9.99. The van der Waals surface area contributed by atoms with Crippen LogP contribution in [0.2, 0.25) is 0 Å². The Morgan fingerprint density at radius 3 is 2.29 bits per heavy atom. The first kappa shape index (κ1) is 18.6. The van der Waals surface area contributed by atoms with E-state index in [0.717, 1.165) is 27.1 Å². The van der Waals surface area contributed by atoms with E-state index in [-0.39, 0.29) is 11.4 Å². The van der Waals surface area contributed by atoms with Crippen LogP contribution in [-0.2, 0) is 10.0 Å². The molecular formula is C23H21NO3S. The van der Waals surface area contributed by atoms with E-state index in [4.69, 9.17) is 0 Å². The average Bonchev–Trinajstić information content (AvgIpc) is 2.72. The molecule has 28 heavy (non-hydrogen) atoms. The molecule has 0 spiro atoms. The van der Waals surface area contributed by atoms with Gasteiger partial charge in [0.25, 0.3) is 0 Å². The largest absolute Gasteiger partial charge is 0.388 e. The van der Waals surface area contributed by atoms with Crippen LogP contribution in [0, 0.1) is 0 Å². The van der Waals surface area contributed by atoms with Crippen LogP contribution in [0.5, 0.6) is 0 Å². The van der Waals surface area contributed by atoms with Gasteiger partial charge in [-0.1, -0.05) is 72.8 Å². The first-order valence-electron chi connectivity index (χ1n) is 9.19. The number of fused-ring (bicyclic) bond motifs is 2. The van der Waals surface area contributed by atoms with E-state index < -0.39 is 16.1 Å². The standard InChI is InChI=1S/C23H21NO3S/c25-23(22-11-5-9-18-7-3-4-10-21(18)22)14-15-24-28(26,27)20-13-12-17-6-1-2-8-19(17)16-20/h1-13,16,23-25H,14-15H2. The van der Waals surface area contributed by atoms with Gasteiger partial charge in [0.05, 0.1) is 11.0 Å². The van der Waals surface area contributed by atoms with E-state index in [1.807, 2.05) is 66.7 Å². The molecule has 4 rings (SSSR count). The van der Waals surface area contributed by atoms with Crippen molar-refractivity contribution in [3.63, 3.8) is 0 Å². The molecule has 0 fully saturated rings. The van der Waals surface area contributed by atoms with Crippen LogP contribution in [0.3, 0.4) is 0 Å². The second-order valence-corrected chi connectivity index (χ2v) is 8.55. The molecule has 4 nitrogen and oxygen atoms in total. The van der Waals surface area contributed by atoms with Crippen molar-refractivity contribution in [2.24, 2.45) is 0 Å². The lowest BCUT2D eigenvalue weighted by Crippen LogP contribution is -2.26. The van der Waals surface area contributed by atoms with Crippen molar-refractivity contribution in [1.82, 2.24) is 4.72 Å². The maximum atomic E-state index is 12.6. The van der Waals surface area contributed by atoms with Crippen molar-refractivity contribution in [2.45, 2.75) is 17.4 Å². The Bertz CT molecular complexity index is 1230. The Hall–Kier alpha value is -2.73. The summed E-state index contributed by atoms with van der Waals surface area (Å²) in [5, 5.41) is 14.5. The predicted molar refractivity (Wildman–Crippen MR) is 113 cm³/mol. The van der Waals surface area contributed by atoms with Crippen molar-refractivity contribution < 1.29 is 13.5 Å². The van der Waals surface area contributed by atoms with E-state index in [0.29, 0.717) is 6.42 Å². The summed E-state index contributed by atoms with van der Waals surface area (Å²) in [6.45, 7) is 0.152. The minimum atomic E-state index is -3.63. The molecule has 0 aliphatic heterocycles. The third-order valence-electron chi connectivity index (χ3n) is 4.92. The highest BCUT2D eigenvalue weighted by Gasteiger charge is 2.16. The van der Waals surface area contributed by atoms with Gasteiger partial charge in [0.2, 0.25) is 10.0 Å². The fraction of sp³-hybridized carbons (Fsp3) is 0.130. The van der Waals surface area contributed by atoms with Gasteiger partial charge >= 0.3 is 0 Å². The molecule has 142 valence electrons. The van der Waals surface area contributed by atoms with Crippen LogP contribution in [0.1, 0.15) is 18.1 Å². The maximum absolute atomic E-state index is 12.6. The molecule has 1 unspecified atom stereocenters. The van der Waals surface area contributed by atoms with Gasteiger partial charge in [-0.15, -0.1) is 0 Å². The summed E-state index contributed by atoms with van der Waals surface area (Å²) in [6.07, 6.45) is -0.453. The zero-order valence-corrected chi connectivity index (χ0v) is 16.1. The number of aliphatic hydroxyl groups excluding tert-OH is 1. The summed E-state index contributed by atoms with van der Waals surface area (Å²) in [4.78, 5) is 0.228. The molecule has 4 aromatic rings. The SMILES string of the molecule is O=S(=O)(NCCC(O)c1cccc2ccccc12)c1ccc2ccccc2c1. The van der Waals surface area contributed by atoms with E-state index in [9.17, 15) is 13.5 Å². The summed E-state index contributed by atoms with van der Waals surface area (Å²) in [5.74, 6) is 0. The van der Waals surface area contributed by atoms with Crippen LogP contribution in [0.4, 0.5) is 0 Å². The van der Waals surface area contributed by atoms with Crippen LogP contribution >= 0.6 is 0 Å². The lowest BCUT2D eigenvalue weighted by molar-refractivity contribution is 0.170. The summed E-state index contributed by atoms with van der Waals surface area (Å²) in [5.41, 5.74) is 0.808. The number of benzene rings is 4. The Balaban J connectivity index is 1.47. The molecule has 0 radical (unpaired) electrons. The second kappa shape index (κ2) is 7.72. The number of sulfonamides is 1. The highest BCUT2D eigenvalue weighted by Crippen LogP contribution is 2.26. The molecule has 1 atom stereocenters. The number of hydrogen-bond acceptors (Lipinski definition) is 3. The molecule has 0 aromatic heterocycles. The Kier molecular flexibility index (Phi) is 5.13. The fourth-order valence-electron chi connectivity index (χ4n) is 3.44. The number of nitrogens with one attached hydrogen (secondary N) is 1. The molecule has 0 bridgehead atoms. The first-order valence-corrected chi connectivity index (χ1v) is 10.7. The van der Waals surface area contributed by atoms with E-state index in [1.165, 1.54) is 0 Å². The number of rotatable bonds is 6. The summed E-state index contributed by atoms with van der Waals surface area (Å²) in [6, 6.07) is 26.3. The maximum Gasteiger partial charge on any atom is 0.240 e.